The highest BCUT2D eigenvalue weighted by Gasteiger charge is 2.24. The van der Waals surface area contributed by atoms with Gasteiger partial charge in [-0.15, -0.1) is 0 Å². The molecule has 0 saturated heterocycles. The largest absolute Gasteiger partial charge is 0.493 e. The molecule has 240 valence electrons. The van der Waals surface area contributed by atoms with E-state index in [1.165, 1.54) is 24.8 Å². The number of unbranched alkanes of at least 4 members (excludes halogenated alkanes) is 3. The Morgan fingerprint density at radius 2 is 1.56 bits per heavy atom. The standard InChI is InChI=1S/C38H49N3O4/c1-6-7-8-9-12-29-15-18-31(19-16-29)38(43)41(25-28(2)3)27-37(42)40(26-30-17-20-35(44-4)36(23-30)45-5)22-21-32-24-39-34-14-11-10-13-33(32)34/h10-11,13-20,23-24,28,39H,6-9,12,21-22,25-27H2,1-5H3. The van der Waals surface area contributed by atoms with Gasteiger partial charge in [-0.05, 0) is 72.2 Å². The first-order valence-corrected chi connectivity index (χ1v) is 16.2. The summed E-state index contributed by atoms with van der Waals surface area (Å²) in [5.41, 5.74) is 5.02. The van der Waals surface area contributed by atoms with Gasteiger partial charge in [0.2, 0.25) is 5.91 Å². The Bertz CT molecular complexity index is 1530. The van der Waals surface area contributed by atoms with Gasteiger partial charge in [-0.1, -0.05) is 76.4 Å². The molecule has 45 heavy (non-hydrogen) atoms. The number of carbonyl (C=O) groups excluding carboxylic acids is 2. The predicted octanol–water partition coefficient (Wildman–Crippen LogP) is 7.68. The number of hydrogen-bond acceptors (Lipinski definition) is 4. The molecule has 1 heterocycles. The van der Waals surface area contributed by atoms with Gasteiger partial charge in [0, 0.05) is 42.3 Å². The van der Waals surface area contributed by atoms with Crippen molar-refractivity contribution >= 4 is 22.7 Å². The first-order chi connectivity index (χ1) is 21.8. The van der Waals surface area contributed by atoms with Crippen LogP contribution in [0.5, 0.6) is 11.5 Å². The number of aryl methyl sites for hydroxylation is 1. The quantitative estimate of drug-likeness (QED) is 0.124. The molecule has 0 fully saturated rings. The van der Waals surface area contributed by atoms with Gasteiger partial charge in [0.25, 0.3) is 5.91 Å². The van der Waals surface area contributed by atoms with Crippen molar-refractivity contribution < 1.29 is 19.1 Å². The Balaban J connectivity index is 1.53. The van der Waals surface area contributed by atoms with E-state index < -0.39 is 0 Å². The number of para-hydroxylation sites is 1. The van der Waals surface area contributed by atoms with Crippen molar-refractivity contribution in [2.24, 2.45) is 5.92 Å². The van der Waals surface area contributed by atoms with Crippen LogP contribution in [0.2, 0.25) is 0 Å². The molecule has 1 N–H and O–H groups in total. The molecule has 0 unspecified atom stereocenters. The topological polar surface area (TPSA) is 74.9 Å². The zero-order chi connectivity index (χ0) is 32.2. The average molecular weight is 612 g/mol. The maximum absolute atomic E-state index is 14.1. The molecule has 4 rings (SSSR count). The number of fused-ring (bicyclic) bond motifs is 1. The van der Waals surface area contributed by atoms with Crippen LogP contribution in [0, 0.1) is 5.92 Å². The summed E-state index contributed by atoms with van der Waals surface area (Å²) < 4.78 is 11.0. The predicted molar refractivity (Wildman–Crippen MR) is 182 cm³/mol. The van der Waals surface area contributed by atoms with E-state index in [4.69, 9.17) is 9.47 Å². The van der Waals surface area contributed by atoms with Gasteiger partial charge < -0.3 is 24.3 Å². The second-order valence-electron chi connectivity index (χ2n) is 12.2. The summed E-state index contributed by atoms with van der Waals surface area (Å²) in [5, 5.41) is 1.15. The Hall–Kier alpha value is -4.26. The van der Waals surface area contributed by atoms with Gasteiger partial charge in [0.15, 0.2) is 11.5 Å². The van der Waals surface area contributed by atoms with Crippen LogP contribution in [0.4, 0.5) is 0 Å². The zero-order valence-corrected chi connectivity index (χ0v) is 27.6. The fourth-order valence-corrected chi connectivity index (χ4v) is 5.76. The van der Waals surface area contributed by atoms with E-state index in [9.17, 15) is 9.59 Å². The fourth-order valence-electron chi connectivity index (χ4n) is 5.76. The van der Waals surface area contributed by atoms with Crippen LogP contribution >= 0.6 is 0 Å². The minimum absolute atomic E-state index is 0.0109. The van der Waals surface area contributed by atoms with Crippen LogP contribution in [0.3, 0.4) is 0 Å². The highest BCUT2D eigenvalue weighted by molar-refractivity contribution is 5.96. The van der Waals surface area contributed by atoms with Crippen molar-refractivity contribution in [3.05, 3.63) is 95.2 Å². The average Bonchev–Trinajstić information content (AvgIpc) is 3.47. The third-order valence-corrected chi connectivity index (χ3v) is 8.22. The van der Waals surface area contributed by atoms with E-state index in [1.807, 2.05) is 53.6 Å². The molecule has 0 atom stereocenters. The summed E-state index contributed by atoms with van der Waals surface area (Å²) in [6, 6.07) is 21.8. The van der Waals surface area contributed by atoms with E-state index in [0.29, 0.717) is 43.1 Å². The zero-order valence-electron chi connectivity index (χ0n) is 27.6. The molecule has 7 nitrogen and oxygen atoms in total. The van der Waals surface area contributed by atoms with Gasteiger partial charge in [0.05, 0.1) is 14.2 Å². The summed E-state index contributed by atoms with van der Waals surface area (Å²) >= 11 is 0. The third kappa shape index (κ3) is 9.37. The monoisotopic (exact) mass is 611 g/mol. The van der Waals surface area contributed by atoms with E-state index in [0.717, 1.165) is 34.9 Å². The lowest BCUT2D eigenvalue weighted by molar-refractivity contribution is -0.132. The number of hydrogen-bond donors (Lipinski definition) is 1. The lowest BCUT2D eigenvalue weighted by Gasteiger charge is -2.29. The summed E-state index contributed by atoms with van der Waals surface area (Å²) in [6.07, 6.45) is 8.56. The number of ether oxygens (including phenoxy) is 2. The van der Waals surface area contributed by atoms with E-state index in [1.54, 1.807) is 19.1 Å². The van der Waals surface area contributed by atoms with Gasteiger partial charge in [0.1, 0.15) is 6.54 Å². The fraction of sp³-hybridized carbons (Fsp3) is 0.421. The van der Waals surface area contributed by atoms with E-state index >= 15 is 0 Å². The number of rotatable bonds is 17. The SMILES string of the molecule is CCCCCCc1ccc(C(=O)N(CC(=O)N(CCc2c[nH]c3ccccc23)Cc2ccc(OC)c(OC)c2)CC(C)C)cc1. The van der Waals surface area contributed by atoms with Crippen LogP contribution in [0.15, 0.2) is 72.9 Å². The molecule has 4 aromatic rings. The van der Waals surface area contributed by atoms with Gasteiger partial charge in [-0.3, -0.25) is 9.59 Å². The van der Waals surface area contributed by atoms with E-state index in [-0.39, 0.29) is 24.3 Å². The number of H-pyrrole nitrogens is 1. The lowest BCUT2D eigenvalue weighted by Crippen LogP contribution is -2.44. The first-order valence-electron chi connectivity index (χ1n) is 16.2. The Kier molecular flexibility index (Phi) is 12.5. The summed E-state index contributed by atoms with van der Waals surface area (Å²) in [4.78, 5) is 34.7. The van der Waals surface area contributed by atoms with Crippen molar-refractivity contribution in [2.45, 2.75) is 65.8 Å². The van der Waals surface area contributed by atoms with Crippen molar-refractivity contribution in [3.8, 4) is 11.5 Å². The summed E-state index contributed by atoms with van der Waals surface area (Å²) in [7, 11) is 3.21. The Labute approximate surface area is 268 Å². The number of aromatic amines is 1. The minimum atomic E-state index is -0.114. The second kappa shape index (κ2) is 16.7. The molecule has 0 radical (unpaired) electrons. The number of benzene rings is 3. The van der Waals surface area contributed by atoms with Crippen molar-refractivity contribution in [1.82, 2.24) is 14.8 Å². The van der Waals surface area contributed by atoms with Crippen LogP contribution in [0.25, 0.3) is 10.9 Å². The number of nitrogens with one attached hydrogen (secondary N) is 1. The number of carbonyl (C=O) groups is 2. The molecular weight excluding hydrogens is 562 g/mol. The smallest absolute Gasteiger partial charge is 0.254 e. The molecular formula is C38H49N3O4. The van der Waals surface area contributed by atoms with Crippen LogP contribution in [-0.4, -0.2) is 60.5 Å². The molecule has 0 bridgehead atoms. The Morgan fingerprint density at radius 3 is 2.27 bits per heavy atom. The van der Waals surface area contributed by atoms with E-state index in [2.05, 4.69) is 50.0 Å². The molecule has 0 spiro atoms. The molecule has 2 amide bonds. The van der Waals surface area contributed by atoms with Gasteiger partial charge in [-0.25, -0.2) is 0 Å². The van der Waals surface area contributed by atoms with Crippen molar-refractivity contribution in [1.29, 1.82) is 0 Å². The molecule has 0 aliphatic carbocycles. The number of amides is 2. The highest BCUT2D eigenvalue weighted by Crippen LogP contribution is 2.28. The van der Waals surface area contributed by atoms with Crippen LogP contribution in [0.1, 0.15) is 73.5 Å². The van der Waals surface area contributed by atoms with Crippen LogP contribution < -0.4 is 9.47 Å². The number of nitrogens with zero attached hydrogens (tertiary/aromatic N) is 2. The maximum Gasteiger partial charge on any atom is 0.254 e. The molecule has 0 aliphatic rings. The summed E-state index contributed by atoms with van der Waals surface area (Å²) in [6.45, 7) is 7.76. The maximum atomic E-state index is 14.1. The molecule has 1 aromatic heterocycles. The second-order valence-corrected chi connectivity index (χ2v) is 12.2. The van der Waals surface area contributed by atoms with Crippen LogP contribution in [-0.2, 0) is 24.2 Å². The minimum Gasteiger partial charge on any atom is -0.493 e. The Morgan fingerprint density at radius 1 is 0.822 bits per heavy atom. The normalized spacial score (nSPS) is 11.2. The third-order valence-electron chi connectivity index (χ3n) is 8.22. The first kappa shape index (κ1) is 33.6. The van der Waals surface area contributed by atoms with Gasteiger partial charge in [-0.2, -0.15) is 0 Å². The van der Waals surface area contributed by atoms with Crippen molar-refractivity contribution in [3.63, 3.8) is 0 Å². The summed E-state index contributed by atoms with van der Waals surface area (Å²) in [5.74, 6) is 1.26. The highest BCUT2D eigenvalue weighted by atomic mass is 16.5. The van der Waals surface area contributed by atoms with Gasteiger partial charge >= 0.3 is 0 Å². The lowest BCUT2D eigenvalue weighted by atomic mass is 10.0. The molecule has 3 aromatic carbocycles. The molecule has 7 heteroatoms. The molecule has 0 aliphatic heterocycles. The molecule has 0 saturated carbocycles. The number of methoxy groups -OCH3 is 2. The number of aromatic nitrogens is 1. The van der Waals surface area contributed by atoms with Crippen molar-refractivity contribution in [2.75, 3.05) is 33.9 Å².